The van der Waals surface area contributed by atoms with Crippen LogP contribution in [0.1, 0.15) is 32.6 Å². The predicted molar refractivity (Wildman–Crippen MR) is 51.9 cm³/mol. The smallest absolute Gasteiger partial charge is 0.133 e. The molecule has 0 aromatic heterocycles. The molecule has 0 heterocycles. The topological polar surface area (TPSA) is 43.1 Å². The van der Waals surface area contributed by atoms with Crippen LogP contribution >= 0.6 is 0 Å². The van der Waals surface area contributed by atoms with Crippen molar-refractivity contribution in [3.63, 3.8) is 0 Å². The number of hydrogen-bond donors (Lipinski definition) is 1. The number of carbonyl (C=O) groups excluding carboxylic acids is 1. The quantitative estimate of drug-likeness (QED) is 0.467. The van der Waals surface area contributed by atoms with Crippen LogP contribution in [0, 0.1) is 5.92 Å². The predicted octanol–water partition coefficient (Wildman–Crippen LogP) is 1.90. The zero-order chi connectivity index (χ0) is 9.40. The molecule has 0 saturated carbocycles. The molecule has 0 saturated heterocycles. The highest BCUT2D eigenvalue weighted by Crippen LogP contribution is 2.05. The van der Waals surface area contributed by atoms with Gasteiger partial charge in [-0.05, 0) is 25.3 Å². The Hall–Kier alpha value is -0.630. The summed E-state index contributed by atoms with van der Waals surface area (Å²) in [5, 5.41) is 0. The maximum atomic E-state index is 11.2. The third-order valence-electron chi connectivity index (χ3n) is 1.84. The second-order valence-corrected chi connectivity index (χ2v) is 3.26. The average Bonchev–Trinajstić information content (AvgIpc) is 2.05. The largest absolute Gasteiger partial charge is 0.330 e. The highest BCUT2D eigenvalue weighted by Gasteiger charge is 2.06. The summed E-state index contributed by atoms with van der Waals surface area (Å²) in [5.41, 5.74) is 5.41. The Labute approximate surface area is 74.8 Å². The summed E-state index contributed by atoms with van der Waals surface area (Å²) in [4.78, 5) is 11.2. The number of unbranched alkanes of at least 4 members (excludes halogenated alkanes) is 1. The van der Waals surface area contributed by atoms with Crippen LogP contribution in [-0.4, -0.2) is 12.3 Å². The van der Waals surface area contributed by atoms with E-state index in [4.69, 9.17) is 5.73 Å². The highest BCUT2D eigenvalue weighted by molar-refractivity contribution is 5.78. The van der Waals surface area contributed by atoms with E-state index in [2.05, 4.69) is 6.58 Å². The van der Waals surface area contributed by atoms with Gasteiger partial charge in [0.1, 0.15) is 5.78 Å². The van der Waals surface area contributed by atoms with E-state index >= 15 is 0 Å². The van der Waals surface area contributed by atoms with Crippen molar-refractivity contribution in [1.82, 2.24) is 0 Å². The molecule has 0 aromatic rings. The second kappa shape index (κ2) is 7.04. The summed E-state index contributed by atoms with van der Waals surface area (Å²) < 4.78 is 0. The van der Waals surface area contributed by atoms with Crippen LogP contribution in [0.5, 0.6) is 0 Å². The minimum atomic E-state index is 0.329. The van der Waals surface area contributed by atoms with Gasteiger partial charge in [0, 0.05) is 12.8 Å². The van der Waals surface area contributed by atoms with E-state index in [-0.39, 0.29) is 0 Å². The van der Waals surface area contributed by atoms with Crippen molar-refractivity contribution in [3.05, 3.63) is 12.7 Å². The van der Waals surface area contributed by atoms with Crippen molar-refractivity contribution < 1.29 is 4.79 Å². The molecule has 0 spiro atoms. The van der Waals surface area contributed by atoms with Crippen molar-refractivity contribution in [2.75, 3.05) is 6.54 Å². The maximum Gasteiger partial charge on any atom is 0.133 e. The molecule has 0 rings (SSSR count). The Balaban J connectivity index is 3.39. The summed E-state index contributed by atoms with van der Waals surface area (Å²) in [6, 6.07) is 0. The summed E-state index contributed by atoms with van der Waals surface area (Å²) >= 11 is 0. The fourth-order valence-electron chi connectivity index (χ4n) is 1.02. The first-order valence-corrected chi connectivity index (χ1v) is 4.53. The molecule has 1 unspecified atom stereocenters. The van der Waals surface area contributed by atoms with Crippen LogP contribution in [0.15, 0.2) is 12.7 Å². The van der Waals surface area contributed by atoms with Gasteiger partial charge in [0.15, 0.2) is 0 Å². The number of rotatable bonds is 7. The monoisotopic (exact) mass is 169 g/mol. The molecular formula is C10H19NO. The number of nitrogens with two attached hydrogens (primary N) is 1. The summed E-state index contributed by atoms with van der Waals surface area (Å²) in [7, 11) is 0. The molecule has 0 aliphatic carbocycles. The lowest BCUT2D eigenvalue weighted by molar-refractivity contribution is -0.119. The van der Waals surface area contributed by atoms with Gasteiger partial charge in [-0.3, -0.25) is 4.79 Å². The molecule has 2 heteroatoms. The first-order valence-electron chi connectivity index (χ1n) is 4.53. The molecule has 0 aliphatic heterocycles. The van der Waals surface area contributed by atoms with E-state index in [1.165, 1.54) is 0 Å². The fraction of sp³-hybridized carbons (Fsp3) is 0.700. The van der Waals surface area contributed by atoms with Gasteiger partial charge in [0.25, 0.3) is 0 Å². The molecule has 0 amide bonds. The van der Waals surface area contributed by atoms with Crippen LogP contribution < -0.4 is 5.73 Å². The third kappa shape index (κ3) is 6.10. The number of allylic oxidation sites excluding steroid dienone is 1. The Morgan fingerprint density at radius 2 is 2.33 bits per heavy atom. The lowest BCUT2D eigenvalue weighted by Crippen LogP contribution is -2.14. The van der Waals surface area contributed by atoms with Crippen molar-refractivity contribution in [3.8, 4) is 0 Å². The Morgan fingerprint density at radius 1 is 1.67 bits per heavy atom. The molecule has 2 nitrogen and oxygen atoms in total. The van der Waals surface area contributed by atoms with E-state index in [1.807, 2.05) is 13.0 Å². The molecule has 12 heavy (non-hydrogen) atoms. The van der Waals surface area contributed by atoms with Crippen LogP contribution in [0.2, 0.25) is 0 Å². The molecule has 1 atom stereocenters. The third-order valence-corrected chi connectivity index (χ3v) is 1.84. The van der Waals surface area contributed by atoms with Gasteiger partial charge >= 0.3 is 0 Å². The van der Waals surface area contributed by atoms with Gasteiger partial charge in [-0.2, -0.15) is 0 Å². The molecule has 2 N–H and O–H groups in total. The van der Waals surface area contributed by atoms with E-state index in [1.54, 1.807) is 0 Å². The van der Waals surface area contributed by atoms with E-state index in [0.717, 1.165) is 12.8 Å². The van der Waals surface area contributed by atoms with Crippen molar-refractivity contribution in [2.45, 2.75) is 32.6 Å². The van der Waals surface area contributed by atoms with Crippen molar-refractivity contribution in [1.29, 1.82) is 0 Å². The van der Waals surface area contributed by atoms with Crippen LogP contribution in [0.25, 0.3) is 0 Å². The van der Waals surface area contributed by atoms with Gasteiger partial charge < -0.3 is 5.73 Å². The van der Waals surface area contributed by atoms with E-state index < -0.39 is 0 Å². The van der Waals surface area contributed by atoms with Gasteiger partial charge in [0.05, 0.1) is 0 Å². The molecule has 70 valence electrons. The van der Waals surface area contributed by atoms with Crippen LogP contribution in [-0.2, 0) is 4.79 Å². The average molecular weight is 169 g/mol. The summed E-state index contributed by atoms with van der Waals surface area (Å²) in [5.74, 6) is 0.663. The Kier molecular flexibility index (Phi) is 6.67. The maximum absolute atomic E-state index is 11.2. The summed E-state index contributed by atoms with van der Waals surface area (Å²) in [6.07, 6.45) is 5.02. The second-order valence-electron chi connectivity index (χ2n) is 3.26. The van der Waals surface area contributed by atoms with Gasteiger partial charge in [-0.1, -0.05) is 13.0 Å². The molecule has 0 radical (unpaired) electrons. The Bertz CT molecular complexity index is 143. The standard InChI is InChI=1S/C10H19NO/c1-3-4-5-6-10(12)7-9(2)8-11/h3,9H,1,4-8,11H2,2H3. The number of ketones is 1. The summed E-state index contributed by atoms with van der Waals surface area (Å²) in [6.45, 7) is 6.21. The number of Topliss-reactive ketones (excluding diaryl/α,β-unsaturated/α-hetero) is 1. The highest BCUT2D eigenvalue weighted by atomic mass is 16.1. The van der Waals surface area contributed by atoms with Crippen LogP contribution in [0.4, 0.5) is 0 Å². The van der Waals surface area contributed by atoms with Crippen LogP contribution in [0.3, 0.4) is 0 Å². The van der Waals surface area contributed by atoms with E-state index in [9.17, 15) is 4.79 Å². The van der Waals surface area contributed by atoms with Gasteiger partial charge in [-0.25, -0.2) is 0 Å². The lowest BCUT2D eigenvalue weighted by Gasteiger charge is -2.05. The number of hydrogen-bond acceptors (Lipinski definition) is 2. The fourth-order valence-corrected chi connectivity index (χ4v) is 1.02. The SMILES string of the molecule is C=CCCCC(=O)CC(C)CN. The molecule has 0 aliphatic rings. The van der Waals surface area contributed by atoms with Crippen molar-refractivity contribution >= 4 is 5.78 Å². The lowest BCUT2D eigenvalue weighted by atomic mass is 10.0. The molecular weight excluding hydrogens is 150 g/mol. The molecule has 0 fully saturated rings. The normalized spacial score (nSPS) is 12.5. The van der Waals surface area contributed by atoms with Crippen molar-refractivity contribution in [2.24, 2.45) is 11.7 Å². The first kappa shape index (κ1) is 11.4. The zero-order valence-electron chi connectivity index (χ0n) is 7.88. The van der Waals surface area contributed by atoms with E-state index in [0.29, 0.717) is 31.1 Å². The zero-order valence-corrected chi connectivity index (χ0v) is 7.88. The first-order chi connectivity index (χ1) is 5.70. The van der Waals surface area contributed by atoms with Gasteiger partial charge in [0.2, 0.25) is 0 Å². The number of carbonyl (C=O) groups is 1. The van der Waals surface area contributed by atoms with Gasteiger partial charge in [-0.15, -0.1) is 6.58 Å². The molecule has 0 aromatic carbocycles. The minimum Gasteiger partial charge on any atom is -0.330 e. The molecule has 0 bridgehead atoms. The Morgan fingerprint density at radius 3 is 2.83 bits per heavy atom. The minimum absolute atomic E-state index is 0.329.